The molecule has 0 aromatic heterocycles. The number of esters is 1. The minimum atomic E-state index is -2.24. The standard InChI is InChI=1S/C47H63ClO11Si/c1-43(2,3)60(7,8)59-35-24-37-46(30-49)34(35)25-47(46,45(6,51)57-37)58-41-40(56-42(50)44(4,5)48)39(54-28-33-22-16-11-17-23-33)38(53-27-32-20-14-10-15-21-32)36(55-41)29-52-26-31-18-12-9-13-19-31/h9-23,34-41,49,51H,24-30H2,1-8H3/t34-,35+,36+,37+,38+,39-,40+,41-,45?,46-,47-/m0/s1. The Morgan fingerprint density at radius 2 is 1.37 bits per heavy atom. The van der Waals surface area contributed by atoms with Crippen molar-refractivity contribution in [2.45, 2.75) is 152 Å². The average Bonchev–Trinajstić information content (AvgIpc) is 3.48. The summed E-state index contributed by atoms with van der Waals surface area (Å²) in [7, 11) is -2.24. The van der Waals surface area contributed by atoms with Crippen LogP contribution in [-0.2, 0) is 62.2 Å². The summed E-state index contributed by atoms with van der Waals surface area (Å²) in [6.45, 7) is 16.1. The van der Waals surface area contributed by atoms with Crippen LogP contribution in [-0.4, -0.2) is 96.9 Å². The fraction of sp³-hybridized carbons (Fsp3) is 0.596. The molecule has 11 atom stereocenters. The Balaban J connectivity index is 1.27. The zero-order valence-corrected chi connectivity index (χ0v) is 37.9. The number of carbonyl (C=O) groups excluding carboxylic acids is 1. The van der Waals surface area contributed by atoms with Gasteiger partial charge in [0.1, 0.15) is 28.8 Å². The summed E-state index contributed by atoms with van der Waals surface area (Å²) in [5.74, 6) is -2.76. The van der Waals surface area contributed by atoms with Crippen LogP contribution < -0.4 is 0 Å². The molecule has 0 radical (unpaired) electrons. The van der Waals surface area contributed by atoms with Crippen LogP contribution in [0.5, 0.6) is 0 Å². The molecule has 11 nitrogen and oxygen atoms in total. The molecule has 13 heteroatoms. The monoisotopic (exact) mass is 866 g/mol. The van der Waals surface area contributed by atoms with Crippen molar-refractivity contribution in [3.8, 4) is 0 Å². The maximum atomic E-state index is 13.9. The SMILES string of the molecule is CC(C)(Cl)C(=O)O[C@H]1[C@H](O[C@@]23C[C@H]4[C@H](O[Si](C)(C)C(C)(C)C)C[C@@H](OC2(C)O)[C@]43CO)O[C@H](COCc2ccccc2)[C@@H](OCc2ccccc2)[C@@H]1OCc1ccccc1. The first-order valence-corrected chi connectivity index (χ1v) is 24.5. The lowest BCUT2D eigenvalue weighted by atomic mass is 9.49. The smallest absolute Gasteiger partial charge is 0.327 e. The number of aliphatic hydroxyl groups excluding tert-OH is 1. The Bertz CT molecular complexity index is 1890. The number of alkyl halides is 1. The molecule has 0 amide bonds. The first kappa shape index (κ1) is 45.3. The number of benzene rings is 3. The van der Waals surface area contributed by atoms with E-state index in [2.05, 4.69) is 33.9 Å². The molecule has 3 aromatic carbocycles. The molecule has 328 valence electrons. The maximum Gasteiger partial charge on any atom is 0.327 e. The number of halogens is 1. The molecule has 7 rings (SSSR count). The summed E-state index contributed by atoms with van der Waals surface area (Å²) in [4.78, 5) is 12.5. The van der Waals surface area contributed by atoms with E-state index in [0.717, 1.165) is 16.7 Å². The van der Waals surface area contributed by atoms with Crippen LogP contribution in [0.1, 0.15) is 71.1 Å². The van der Waals surface area contributed by atoms with Gasteiger partial charge < -0.3 is 47.8 Å². The predicted molar refractivity (Wildman–Crippen MR) is 228 cm³/mol. The van der Waals surface area contributed by atoms with E-state index in [9.17, 15) is 15.0 Å². The molecular formula is C47H63ClO11Si. The normalized spacial score (nSPS) is 33.9. The van der Waals surface area contributed by atoms with Gasteiger partial charge in [-0.3, -0.25) is 4.79 Å². The van der Waals surface area contributed by atoms with Crippen molar-refractivity contribution >= 4 is 25.9 Å². The molecule has 60 heavy (non-hydrogen) atoms. The Morgan fingerprint density at radius 3 is 1.88 bits per heavy atom. The summed E-state index contributed by atoms with van der Waals surface area (Å²) in [6, 6.07) is 29.2. The molecule has 2 aliphatic carbocycles. The van der Waals surface area contributed by atoms with E-state index in [1.165, 1.54) is 0 Å². The van der Waals surface area contributed by atoms with E-state index in [4.69, 9.17) is 49.2 Å². The molecule has 1 unspecified atom stereocenters. The Hall–Kier alpha value is -2.72. The molecule has 0 bridgehead atoms. The van der Waals surface area contributed by atoms with E-state index in [1.807, 2.05) is 91.0 Å². The van der Waals surface area contributed by atoms with E-state index < -0.39 is 72.8 Å². The summed E-state index contributed by atoms with van der Waals surface area (Å²) < 4.78 is 53.8. The van der Waals surface area contributed by atoms with Crippen molar-refractivity contribution in [2.75, 3.05) is 13.2 Å². The van der Waals surface area contributed by atoms with Gasteiger partial charge >= 0.3 is 5.97 Å². The summed E-state index contributed by atoms with van der Waals surface area (Å²) in [5.41, 5.74) is 0.242. The molecule has 4 fully saturated rings. The maximum absolute atomic E-state index is 13.9. The predicted octanol–water partition coefficient (Wildman–Crippen LogP) is 7.68. The fourth-order valence-electron chi connectivity index (χ4n) is 9.33. The van der Waals surface area contributed by atoms with Crippen molar-refractivity contribution in [3.63, 3.8) is 0 Å². The Morgan fingerprint density at radius 1 is 0.833 bits per heavy atom. The van der Waals surface area contributed by atoms with E-state index in [-0.39, 0.29) is 43.5 Å². The highest BCUT2D eigenvalue weighted by atomic mass is 35.5. The van der Waals surface area contributed by atoms with Gasteiger partial charge in [-0.1, -0.05) is 112 Å². The number of hydrogen-bond acceptors (Lipinski definition) is 11. The van der Waals surface area contributed by atoms with Gasteiger partial charge in [-0.05, 0) is 68.4 Å². The van der Waals surface area contributed by atoms with Gasteiger partial charge in [0, 0.05) is 5.92 Å². The van der Waals surface area contributed by atoms with Crippen molar-refractivity contribution in [3.05, 3.63) is 108 Å². The fourth-order valence-corrected chi connectivity index (χ4v) is 10.7. The minimum absolute atomic E-state index is 0.0462. The highest BCUT2D eigenvalue weighted by Gasteiger charge is 2.86. The van der Waals surface area contributed by atoms with Crippen LogP contribution in [0.3, 0.4) is 0 Å². The van der Waals surface area contributed by atoms with Crippen LogP contribution in [0.2, 0.25) is 18.1 Å². The molecule has 2 saturated heterocycles. The highest BCUT2D eigenvalue weighted by molar-refractivity contribution is 6.74. The lowest BCUT2D eigenvalue weighted by Gasteiger charge is -2.62. The average molecular weight is 868 g/mol. The quantitative estimate of drug-likeness (QED) is 0.0787. The van der Waals surface area contributed by atoms with Gasteiger partial charge in [-0.25, -0.2) is 0 Å². The third-order valence-corrected chi connectivity index (χ3v) is 18.3. The largest absolute Gasteiger partial charge is 0.453 e. The molecule has 2 heterocycles. The van der Waals surface area contributed by atoms with Crippen LogP contribution in [0.25, 0.3) is 0 Å². The second kappa shape index (κ2) is 17.4. The van der Waals surface area contributed by atoms with Crippen LogP contribution in [0.15, 0.2) is 91.0 Å². The number of rotatable bonds is 17. The lowest BCUT2D eigenvalue weighted by Crippen LogP contribution is -2.75. The number of aliphatic hydroxyl groups is 2. The van der Waals surface area contributed by atoms with Gasteiger partial charge in [0.05, 0.1) is 50.7 Å². The van der Waals surface area contributed by atoms with Crippen molar-refractivity contribution < 1.29 is 52.6 Å². The first-order valence-electron chi connectivity index (χ1n) is 21.2. The van der Waals surface area contributed by atoms with E-state index in [0.29, 0.717) is 19.4 Å². The molecule has 4 aliphatic rings. The lowest BCUT2D eigenvalue weighted by molar-refractivity contribution is -0.405. The molecular weight excluding hydrogens is 804 g/mol. The minimum Gasteiger partial charge on any atom is -0.453 e. The number of hydrogen-bond donors (Lipinski definition) is 2. The third-order valence-electron chi connectivity index (χ3n) is 13.6. The topological polar surface area (TPSA) is 131 Å². The Kier molecular flexibility index (Phi) is 13.2. The van der Waals surface area contributed by atoms with Crippen molar-refractivity contribution in [2.24, 2.45) is 11.3 Å². The van der Waals surface area contributed by atoms with Crippen molar-refractivity contribution in [1.82, 2.24) is 0 Å². The van der Waals surface area contributed by atoms with E-state index >= 15 is 0 Å². The molecule has 2 aliphatic heterocycles. The van der Waals surface area contributed by atoms with Crippen LogP contribution in [0, 0.1) is 11.3 Å². The number of carbonyl (C=O) groups is 1. The molecule has 0 spiro atoms. The second-order valence-corrected chi connectivity index (χ2v) is 24.8. The van der Waals surface area contributed by atoms with Crippen LogP contribution >= 0.6 is 11.6 Å². The van der Waals surface area contributed by atoms with Gasteiger partial charge in [-0.15, -0.1) is 11.6 Å². The van der Waals surface area contributed by atoms with Gasteiger partial charge in [0.15, 0.2) is 26.5 Å². The second-order valence-electron chi connectivity index (χ2n) is 19.1. The summed E-state index contributed by atoms with van der Waals surface area (Å²) in [5, 5.41) is 23.7. The van der Waals surface area contributed by atoms with Crippen LogP contribution in [0.4, 0.5) is 0 Å². The molecule has 2 N–H and O–H groups in total. The zero-order valence-electron chi connectivity index (χ0n) is 36.2. The first-order chi connectivity index (χ1) is 28.3. The van der Waals surface area contributed by atoms with E-state index in [1.54, 1.807) is 20.8 Å². The summed E-state index contributed by atoms with van der Waals surface area (Å²) >= 11 is 6.62. The molecule has 2 saturated carbocycles. The zero-order chi connectivity index (χ0) is 43.1. The highest BCUT2D eigenvalue weighted by Crippen LogP contribution is 2.74. The third kappa shape index (κ3) is 8.64. The summed E-state index contributed by atoms with van der Waals surface area (Å²) in [6.07, 6.45) is -5.27. The van der Waals surface area contributed by atoms with Gasteiger partial charge in [0.25, 0.3) is 0 Å². The van der Waals surface area contributed by atoms with Gasteiger partial charge in [0.2, 0.25) is 0 Å². The van der Waals surface area contributed by atoms with Crippen molar-refractivity contribution in [1.29, 1.82) is 0 Å². The number of ether oxygens (including phenoxy) is 7. The van der Waals surface area contributed by atoms with Gasteiger partial charge in [-0.2, -0.15) is 0 Å². The Labute approximate surface area is 361 Å². The molecule has 3 aromatic rings.